The molecular formula is C24H19F6N3O. The van der Waals surface area contributed by atoms with Gasteiger partial charge in [-0.2, -0.15) is 13.2 Å². The van der Waals surface area contributed by atoms with Gasteiger partial charge in [0, 0.05) is 18.0 Å². The number of alkyl halides is 3. The Morgan fingerprint density at radius 1 is 0.941 bits per heavy atom. The van der Waals surface area contributed by atoms with Crippen LogP contribution < -0.4 is 4.90 Å². The molecule has 0 aliphatic carbocycles. The molecule has 34 heavy (non-hydrogen) atoms. The fraction of sp³-hybridized carbons (Fsp3) is 0.250. The molecule has 0 radical (unpaired) electrons. The Morgan fingerprint density at radius 3 is 2.18 bits per heavy atom. The fourth-order valence-electron chi connectivity index (χ4n) is 4.51. The van der Waals surface area contributed by atoms with Crippen molar-refractivity contribution in [1.82, 2.24) is 9.88 Å². The number of halogens is 6. The Balaban J connectivity index is 2.03. The lowest BCUT2D eigenvalue weighted by molar-refractivity contribution is -0.149. The number of carbonyl (C=O) groups is 1. The first-order chi connectivity index (χ1) is 16.1. The number of urea groups is 1. The average molecular weight is 479 g/mol. The molecule has 10 heteroatoms. The number of hydrogen-bond donors (Lipinski definition) is 0. The first-order valence-electron chi connectivity index (χ1n) is 10.4. The van der Waals surface area contributed by atoms with Crippen LogP contribution >= 0.6 is 0 Å². The summed E-state index contributed by atoms with van der Waals surface area (Å²) < 4.78 is 84.8. The largest absolute Gasteiger partial charge is 0.406 e. The van der Waals surface area contributed by atoms with Crippen LogP contribution in [0, 0.1) is 17.5 Å². The summed E-state index contributed by atoms with van der Waals surface area (Å²) >= 11 is 0. The van der Waals surface area contributed by atoms with E-state index in [0.29, 0.717) is 10.5 Å². The number of pyridine rings is 1. The number of carbonyl (C=O) groups excluding carboxylic acids is 1. The summed E-state index contributed by atoms with van der Waals surface area (Å²) in [6.45, 7) is -0.455. The number of anilines is 1. The maximum Gasteiger partial charge on any atom is 0.406 e. The molecule has 1 atom stereocenters. The van der Waals surface area contributed by atoms with Gasteiger partial charge in [-0.15, -0.1) is 0 Å². The van der Waals surface area contributed by atoms with Crippen LogP contribution in [-0.2, 0) is 12.1 Å². The van der Waals surface area contributed by atoms with Gasteiger partial charge in [-0.25, -0.2) is 18.0 Å². The van der Waals surface area contributed by atoms with Crippen molar-refractivity contribution < 1.29 is 31.1 Å². The van der Waals surface area contributed by atoms with Crippen LogP contribution in [0.2, 0.25) is 0 Å². The average Bonchev–Trinajstić information content (AvgIpc) is 2.80. The van der Waals surface area contributed by atoms with Crippen LogP contribution in [-0.4, -0.2) is 28.6 Å². The first kappa shape index (κ1) is 23.6. The SMILES string of the molecule is CCC1(c2ccc(F)cc2)c2c(ccc(F)c2F)N(Cc2ccncc2)C(=O)N1CC(F)(F)F. The summed E-state index contributed by atoms with van der Waals surface area (Å²) in [5.74, 6) is -3.31. The molecule has 0 bridgehead atoms. The summed E-state index contributed by atoms with van der Waals surface area (Å²) in [4.78, 5) is 19.0. The highest BCUT2D eigenvalue weighted by Crippen LogP contribution is 2.50. The Kier molecular flexibility index (Phi) is 6.01. The van der Waals surface area contributed by atoms with Gasteiger partial charge in [0.1, 0.15) is 17.9 Å². The van der Waals surface area contributed by atoms with E-state index in [9.17, 15) is 26.7 Å². The lowest BCUT2D eigenvalue weighted by atomic mass is 9.76. The molecule has 0 N–H and O–H groups in total. The van der Waals surface area contributed by atoms with Gasteiger partial charge in [0.05, 0.1) is 12.2 Å². The highest BCUT2D eigenvalue weighted by atomic mass is 19.4. The number of benzene rings is 2. The van der Waals surface area contributed by atoms with Crippen molar-refractivity contribution in [3.63, 3.8) is 0 Å². The Labute approximate surface area is 191 Å². The summed E-state index contributed by atoms with van der Waals surface area (Å²) in [5.41, 5.74) is -1.96. The minimum atomic E-state index is -4.85. The molecular weight excluding hydrogens is 460 g/mol. The molecule has 1 unspecified atom stereocenters. The van der Waals surface area contributed by atoms with Crippen molar-refractivity contribution in [2.24, 2.45) is 0 Å². The standard InChI is InChI=1S/C24H19F6N3O/c1-2-23(16-3-5-17(25)6-4-16)20-19(8-7-18(26)21(20)27)32(13-15-9-11-31-12-10-15)22(34)33(23)14-24(28,29)30/h3-12H,2,13-14H2,1H3. The number of hydrogen-bond acceptors (Lipinski definition) is 2. The Morgan fingerprint density at radius 2 is 1.59 bits per heavy atom. The Hall–Kier alpha value is -3.56. The third-order valence-corrected chi connectivity index (χ3v) is 5.96. The number of aromatic nitrogens is 1. The van der Waals surface area contributed by atoms with Crippen LogP contribution in [0.25, 0.3) is 0 Å². The minimum Gasteiger partial charge on any atom is -0.301 e. The molecule has 1 aliphatic heterocycles. The van der Waals surface area contributed by atoms with E-state index in [0.717, 1.165) is 23.1 Å². The second-order valence-corrected chi connectivity index (χ2v) is 7.90. The van der Waals surface area contributed by atoms with Crippen molar-refractivity contribution in [3.8, 4) is 0 Å². The molecule has 1 aliphatic rings. The van der Waals surface area contributed by atoms with Gasteiger partial charge in [-0.1, -0.05) is 19.1 Å². The maximum atomic E-state index is 15.5. The molecule has 3 aromatic rings. The third-order valence-electron chi connectivity index (χ3n) is 5.96. The van der Waals surface area contributed by atoms with Crippen LogP contribution in [0.1, 0.15) is 30.0 Å². The number of rotatable bonds is 5. The predicted octanol–water partition coefficient (Wildman–Crippen LogP) is 6.16. The summed E-state index contributed by atoms with van der Waals surface area (Å²) in [5, 5.41) is 0. The normalized spacial score (nSPS) is 18.3. The maximum absolute atomic E-state index is 15.5. The van der Waals surface area contributed by atoms with E-state index >= 15 is 4.39 Å². The lowest BCUT2D eigenvalue weighted by Gasteiger charge is -2.51. The molecule has 2 heterocycles. The topological polar surface area (TPSA) is 36.4 Å². The second kappa shape index (κ2) is 8.66. The highest BCUT2D eigenvalue weighted by molar-refractivity contribution is 5.97. The van der Waals surface area contributed by atoms with E-state index in [-0.39, 0.29) is 24.2 Å². The minimum absolute atomic E-state index is 0.0308. The molecule has 4 rings (SSSR count). The zero-order chi connectivity index (χ0) is 24.7. The van der Waals surface area contributed by atoms with Crippen LogP contribution in [0.15, 0.2) is 60.9 Å². The van der Waals surface area contributed by atoms with E-state index in [1.165, 1.54) is 37.5 Å². The van der Waals surface area contributed by atoms with Crippen LogP contribution in [0.5, 0.6) is 0 Å². The van der Waals surface area contributed by atoms with Gasteiger partial charge < -0.3 is 4.90 Å². The van der Waals surface area contributed by atoms with Gasteiger partial charge in [0.2, 0.25) is 0 Å². The van der Waals surface area contributed by atoms with Crippen molar-refractivity contribution in [1.29, 1.82) is 0 Å². The highest BCUT2D eigenvalue weighted by Gasteiger charge is 2.54. The van der Waals surface area contributed by atoms with E-state index in [2.05, 4.69) is 4.98 Å². The van der Waals surface area contributed by atoms with E-state index in [1.54, 1.807) is 12.1 Å². The first-order valence-corrected chi connectivity index (χ1v) is 10.4. The van der Waals surface area contributed by atoms with E-state index in [1.807, 2.05) is 0 Å². The molecule has 4 nitrogen and oxygen atoms in total. The fourth-order valence-corrected chi connectivity index (χ4v) is 4.51. The monoisotopic (exact) mass is 479 g/mol. The summed E-state index contributed by atoms with van der Waals surface area (Å²) in [6, 6.07) is 8.44. The zero-order valence-corrected chi connectivity index (χ0v) is 17.9. The Bertz CT molecular complexity index is 1200. The molecule has 2 amide bonds. The van der Waals surface area contributed by atoms with E-state index < -0.39 is 47.3 Å². The zero-order valence-electron chi connectivity index (χ0n) is 17.9. The molecule has 0 fully saturated rings. The second-order valence-electron chi connectivity index (χ2n) is 7.90. The van der Waals surface area contributed by atoms with E-state index in [4.69, 9.17) is 0 Å². The summed E-state index contributed by atoms with van der Waals surface area (Å²) in [7, 11) is 0. The lowest BCUT2D eigenvalue weighted by Crippen LogP contribution is -2.61. The van der Waals surface area contributed by atoms with Crippen molar-refractivity contribution >= 4 is 11.7 Å². The molecule has 0 saturated carbocycles. The molecule has 0 spiro atoms. The van der Waals surface area contributed by atoms with Gasteiger partial charge in [0.25, 0.3) is 0 Å². The third kappa shape index (κ3) is 3.97. The number of nitrogens with zero attached hydrogens (tertiary/aromatic N) is 3. The predicted molar refractivity (Wildman–Crippen MR) is 112 cm³/mol. The van der Waals surface area contributed by atoms with Crippen molar-refractivity contribution in [3.05, 3.63) is 95.1 Å². The molecule has 2 aromatic carbocycles. The number of fused-ring (bicyclic) bond motifs is 1. The number of amides is 2. The molecule has 178 valence electrons. The van der Waals surface area contributed by atoms with Gasteiger partial charge in [-0.05, 0) is 53.9 Å². The molecule has 0 saturated heterocycles. The quantitative estimate of drug-likeness (QED) is 0.411. The van der Waals surface area contributed by atoms with Gasteiger partial charge in [-0.3, -0.25) is 9.88 Å². The summed E-state index contributed by atoms with van der Waals surface area (Å²) in [6.07, 6.45) is -2.19. The van der Waals surface area contributed by atoms with Crippen LogP contribution in [0.4, 0.5) is 36.8 Å². The van der Waals surface area contributed by atoms with Gasteiger partial charge >= 0.3 is 12.2 Å². The molecule has 1 aromatic heterocycles. The van der Waals surface area contributed by atoms with Gasteiger partial charge in [0.15, 0.2) is 11.6 Å². The van der Waals surface area contributed by atoms with Crippen molar-refractivity contribution in [2.45, 2.75) is 31.6 Å². The smallest absolute Gasteiger partial charge is 0.301 e. The van der Waals surface area contributed by atoms with Crippen molar-refractivity contribution in [2.75, 3.05) is 11.4 Å². The van der Waals surface area contributed by atoms with Crippen LogP contribution in [0.3, 0.4) is 0 Å².